The maximum absolute atomic E-state index is 9.21. The van der Waals surface area contributed by atoms with E-state index < -0.39 is 5.60 Å². The Hall–Kier alpha value is 1.58. The van der Waals surface area contributed by atoms with Gasteiger partial charge in [0.15, 0.2) is 0 Å². The summed E-state index contributed by atoms with van der Waals surface area (Å²) >= 11 is 0. The van der Waals surface area contributed by atoms with Crippen LogP contribution in [0.2, 0.25) is 0 Å². The average molecular weight is 631 g/mol. The zero-order valence-corrected chi connectivity index (χ0v) is 16.8. The van der Waals surface area contributed by atoms with Crippen LogP contribution < -0.4 is 5.48 Å². The molecule has 0 aliphatic heterocycles. The fraction of sp³-hybridized carbons (Fsp3) is 0.571. The standard InChI is InChI=1S/C7H14N2O2.U.V.W/c1-7(2,10)5-4-6(8-3)9-11;;;/h4-5,10-11H,1-3H3,(H,8,9);;;/q-2;;;. The van der Waals surface area contributed by atoms with Crippen LogP contribution in [-0.2, 0) is 39.6 Å². The Labute approximate surface area is 135 Å². The predicted octanol–water partition coefficient (Wildman–Crippen LogP) is 0.168. The van der Waals surface area contributed by atoms with E-state index in [0.29, 0.717) is 5.84 Å². The summed E-state index contributed by atoms with van der Waals surface area (Å²) < 4.78 is 0. The molecule has 4 nitrogen and oxygen atoms in total. The first-order valence-corrected chi connectivity index (χ1v) is 3.28. The molecule has 0 fully saturated rings. The van der Waals surface area contributed by atoms with E-state index in [2.05, 4.69) is 4.99 Å². The van der Waals surface area contributed by atoms with Crippen molar-refractivity contribution < 1.29 is 81.0 Å². The fourth-order valence-corrected chi connectivity index (χ4v) is 0.445. The molecular formula is C7H14N2O2UVW-2. The minimum atomic E-state index is -0.882. The molecule has 0 saturated carbocycles. The van der Waals surface area contributed by atoms with E-state index in [1.54, 1.807) is 13.8 Å². The summed E-state index contributed by atoms with van der Waals surface area (Å²) in [5, 5.41) is 17.6. The molecule has 7 heteroatoms. The van der Waals surface area contributed by atoms with Crippen LogP contribution in [0.1, 0.15) is 13.8 Å². The largest absolute Gasteiger partial charge is 0.482 e. The molecule has 0 aliphatic rings. The van der Waals surface area contributed by atoms with Gasteiger partial charge >= 0.3 is 0 Å². The Balaban J connectivity index is -0.000000167. The van der Waals surface area contributed by atoms with Gasteiger partial charge in [-0.3, -0.25) is 10.7 Å². The van der Waals surface area contributed by atoms with E-state index in [0.717, 1.165) is 0 Å². The topological polar surface area (TPSA) is 64.9 Å². The summed E-state index contributed by atoms with van der Waals surface area (Å²) in [5.41, 5.74) is 0.994. The van der Waals surface area contributed by atoms with Gasteiger partial charge in [0.25, 0.3) is 0 Å². The molecule has 0 bridgehead atoms. The molecule has 14 heavy (non-hydrogen) atoms. The quantitative estimate of drug-likeness (QED) is 0.180. The van der Waals surface area contributed by atoms with Gasteiger partial charge < -0.3 is 22.9 Å². The Morgan fingerprint density at radius 1 is 1.43 bits per heavy atom. The van der Waals surface area contributed by atoms with Crippen molar-refractivity contribution in [3.05, 3.63) is 12.8 Å². The Kier molecular flexibility index (Phi) is 22.3. The van der Waals surface area contributed by atoms with Crippen LogP contribution in [0.4, 0.5) is 0 Å². The second-order valence-corrected chi connectivity index (χ2v) is 2.71. The van der Waals surface area contributed by atoms with E-state index in [9.17, 15) is 5.11 Å². The van der Waals surface area contributed by atoms with Crippen molar-refractivity contribution in [1.29, 1.82) is 0 Å². The zero-order valence-electron chi connectivity index (χ0n) is 8.35. The van der Waals surface area contributed by atoms with Gasteiger partial charge in [-0.2, -0.15) is 0 Å². The maximum atomic E-state index is 9.21. The summed E-state index contributed by atoms with van der Waals surface area (Å²) in [6, 6.07) is 0. The number of rotatable bonds is 3. The summed E-state index contributed by atoms with van der Waals surface area (Å²) in [7, 11) is 1.53. The van der Waals surface area contributed by atoms with E-state index in [1.165, 1.54) is 19.9 Å². The first-order valence-electron chi connectivity index (χ1n) is 3.28. The molecule has 0 aliphatic carbocycles. The Bertz CT molecular complexity index is 153. The number of amidine groups is 1. The van der Waals surface area contributed by atoms with Gasteiger partial charge in [-0.1, -0.05) is 19.4 Å². The first-order chi connectivity index (χ1) is 4.99. The number of nitrogens with zero attached hydrogens (tertiary/aromatic N) is 1. The van der Waals surface area contributed by atoms with Crippen LogP contribution in [-0.4, -0.2) is 28.8 Å². The van der Waals surface area contributed by atoms with E-state index >= 15 is 0 Å². The first kappa shape index (κ1) is 24.7. The van der Waals surface area contributed by atoms with Crippen molar-refractivity contribution in [1.82, 2.24) is 5.48 Å². The molecule has 0 aromatic heterocycles. The summed E-state index contributed by atoms with van der Waals surface area (Å²) in [4.78, 5) is 3.67. The minimum Gasteiger partial charge on any atom is -0.482 e. The molecule has 0 saturated heterocycles. The molecule has 0 aromatic rings. The zero-order chi connectivity index (χ0) is 8.91. The molecule has 0 atom stereocenters. The van der Waals surface area contributed by atoms with Gasteiger partial charge in [-0.15, -0.1) is 0 Å². The summed E-state index contributed by atoms with van der Waals surface area (Å²) in [6.07, 6.45) is 3.03. The van der Waals surface area contributed by atoms with E-state index in [-0.39, 0.29) is 70.7 Å². The van der Waals surface area contributed by atoms with Gasteiger partial charge in [-0.25, -0.2) is 0 Å². The maximum Gasteiger partial charge on any atom is 0.0266 e. The number of nitrogens with one attached hydrogen (secondary N) is 1. The van der Waals surface area contributed by atoms with Crippen molar-refractivity contribution in [3.63, 3.8) is 0 Å². The molecule has 81 valence electrons. The van der Waals surface area contributed by atoms with Gasteiger partial charge in [-0.05, 0) is 5.84 Å². The minimum absolute atomic E-state index is 0. The third kappa shape index (κ3) is 16.0. The van der Waals surface area contributed by atoms with Crippen LogP contribution >= 0.6 is 0 Å². The predicted molar refractivity (Wildman–Crippen MR) is 43.2 cm³/mol. The van der Waals surface area contributed by atoms with Gasteiger partial charge in [0, 0.05) is 77.8 Å². The second-order valence-electron chi connectivity index (χ2n) is 2.71. The smallest absolute Gasteiger partial charge is 0.0266 e. The second kappa shape index (κ2) is 12.7. The van der Waals surface area contributed by atoms with Crippen molar-refractivity contribution in [2.75, 3.05) is 7.05 Å². The SMILES string of the molecule is CN=C([CH-][CH-]C(C)(C)O)NO.[U].[V].[W]. The van der Waals surface area contributed by atoms with Gasteiger partial charge in [0.05, 0.1) is 0 Å². The number of hydroxylamine groups is 1. The molecule has 0 amide bonds. The molecule has 0 heterocycles. The molecule has 0 rings (SSSR count). The van der Waals surface area contributed by atoms with Crippen molar-refractivity contribution in [3.8, 4) is 0 Å². The van der Waals surface area contributed by atoms with Crippen LogP contribution in [0.25, 0.3) is 0 Å². The Morgan fingerprint density at radius 2 is 1.86 bits per heavy atom. The summed E-state index contributed by atoms with van der Waals surface area (Å²) in [5.74, 6) is 0.312. The molecule has 3 N–H and O–H groups in total. The van der Waals surface area contributed by atoms with E-state index in [1.807, 2.05) is 5.48 Å². The summed E-state index contributed by atoms with van der Waals surface area (Å²) in [6.45, 7) is 3.27. The number of aliphatic imine (C=N–C) groups is 1. The third-order valence-electron chi connectivity index (χ3n) is 1.00. The van der Waals surface area contributed by atoms with Crippen LogP contribution in [0.15, 0.2) is 4.99 Å². The third-order valence-corrected chi connectivity index (χ3v) is 1.00. The molecule has 0 unspecified atom stereocenters. The van der Waals surface area contributed by atoms with Crippen LogP contribution in [0.3, 0.4) is 0 Å². The van der Waals surface area contributed by atoms with Gasteiger partial charge in [0.1, 0.15) is 0 Å². The van der Waals surface area contributed by atoms with Crippen LogP contribution in [0.5, 0.6) is 0 Å². The number of hydrogen-bond acceptors (Lipinski definition) is 3. The Morgan fingerprint density at radius 3 is 2.07 bits per heavy atom. The van der Waals surface area contributed by atoms with E-state index in [4.69, 9.17) is 5.21 Å². The average Bonchev–Trinajstić information content (AvgIpc) is 1.88. The number of hydrogen-bond donors (Lipinski definition) is 3. The normalized spacial score (nSPS) is 10.2. The van der Waals surface area contributed by atoms with Gasteiger partial charge in [0.2, 0.25) is 0 Å². The molecule has 1 radical (unpaired) electrons. The fourth-order valence-electron chi connectivity index (χ4n) is 0.445. The molecule has 0 aromatic carbocycles. The molecular weight excluding hydrogens is 617 g/mol. The van der Waals surface area contributed by atoms with Crippen LogP contribution in [0, 0.1) is 44.0 Å². The van der Waals surface area contributed by atoms with Crippen molar-refractivity contribution in [2.45, 2.75) is 19.4 Å². The molecule has 0 spiro atoms. The van der Waals surface area contributed by atoms with Crippen molar-refractivity contribution >= 4 is 5.84 Å². The van der Waals surface area contributed by atoms with Crippen molar-refractivity contribution in [2.24, 2.45) is 4.99 Å². The number of aliphatic hydroxyl groups is 1. The monoisotopic (exact) mass is 631 g/mol.